The van der Waals surface area contributed by atoms with Crippen LogP contribution in [0.4, 0.5) is 0 Å². The monoisotopic (exact) mass is 715 g/mol. The van der Waals surface area contributed by atoms with Gasteiger partial charge in [0.25, 0.3) is 0 Å². The summed E-state index contributed by atoms with van der Waals surface area (Å²) in [5, 5.41) is 11.5. The largest absolute Gasteiger partial charge is 0.456 e. The number of para-hydroxylation sites is 3. The van der Waals surface area contributed by atoms with Crippen molar-refractivity contribution in [1.82, 2.24) is 15.0 Å². The van der Waals surface area contributed by atoms with Gasteiger partial charge in [0.15, 0.2) is 17.5 Å². The van der Waals surface area contributed by atoms with Crippen LogP contribution in [0.5, 0.6) is 0 Å². The summed E-state index contributed by atoms with van der Waals surface area (Å²) in [6.07, 6.45) is 0. The molecule has 3 heterocycles. The Balaban J connectivity index is 1.06. The first-order chi connectivity index (χ1) is 27.7. The maximum absolute atomic E-state index is 6.49. The smallest absolute Gasteiger partial charge is 0.167 e. The van der Waals surface area contributed by atoms with E-state index in [-0.39, 0.29) is 0 Å². The first kappa shape index (κ1) is 30.8. The van der Waals surface area contributed by atoms with Crippen molar-refractivity contribution in [2.45, 2.75) is 0 Å². The lowest BCUT2D eigenvalue weighted by atomic mass is 9.96. The van der Waals surface area contributed by atoms with E-state index in [0.29, 0.717) is 17.5 Å². The van der Waals surface area contributed by atoms with E-state index < -0.39 is 0 Å². The first-order valence-corrected chi connectivity index (χ1v) is 18.8. The molecule has 9 aromatic carbocycles. The van der Waals surface area contributed by atoms with Crippen molar-refractivity contribution in [3.8, 4) is 45.3 Å². The molecular formula is C51H29N3O2. The van der Waals surface area contributed by atoms with Crippen LogP contribution in [0.25, 0.3) is 121 Å². The molecule has 12 aromatic rings. The quantitative estimate of drug-likeness (QED) is 0.170. The van der Waals surface area contributed by atoms with Gasteiger partial charge in [-0.3, -0.25) is 0 Å². The molecule has 0 N–H and O–H groups in total. The molecule has 0 saturated carbocycles. The van der Waals surface area contributed by atoms with E-state index in [1.165, 1.54) is 26.9 Å². The minimum Gasteiger partial charge on any atom is -0.456 e. The molecule has 56 heavy (non-hydrogen) atoms. The third kappa shape index (κ3) is 4.71. The number of fused-ring (bicyclic) bond motifs is 11. The summed E-state index contributed by atoms with van der Waals surface area (Å²) in [5.41, 5.74) is 8.04. The molecule has 5 heteroatoms. The van der Waals surface area contributed by atoms with Crippen LogP contribution < -0.4 is 0 Å². The summed E-state index contributed by atoms with van der Waals surface area (Å²) >= 11 is 0. The Kier molecular flexibility index (Phi) is 6.56. The highest BCUT2D eigenvalue weighted by atomic mass is 16.3. The van der Waals surface area contributed by atoms with Crippen molar-refractivity contribution in [3.63, 3.8) is 0 Å². The van der Waals surface area contributed by atoms with Gasteiger partial charge in [0.2, 0.25) is 0 Å². The van der Waals surface area contributed by atoms with E-state index >= 15 is 0 Å². The fourth-order valence-corrected chi connectivity index (χ4v) is 8.49. The zero-order chi connectivity index (χ0) is 36.7. The Morgan fingerprint density at radius 2 is 0.875 bits per heavy atom. The van der Waals surface area contributed by atoms with Gasteiger partial charge in [0.1, 0.15) is 22.3 Å². The van der Waals surface area contributed by atoms with E-state index in [1.807, 2.05) is 54.6 Å². The molecular weight excluding hydrogens is 687 g/mol. The Morgan fingerprint density at radius 3 is 1.73 bits per heavy atom. The van der Waals surface area contributed by atoms with Gasteiger partial charge in [-0.2, -0.15) is 0 Å². The van der Waals surface area contributed by atoms with Gasteiger partial charge in [0.05, 0.1) is 5.56 Å². The molecule has 0 amide bonds. The SMILES string of the molecule is c1cc(-c2nc(-c3ccc4c(ccc5c6ccccc6ccc45)c3)nc(-c3cccc4c3oc3ccccc34)n2)cc(-c2cccc3oc4ccccc4c23)c1. The highest BCUT2D eigenvalue weighted by molar-refractivity contribution is 6.18. The average molecular weight is 716 g/mol. The van der Waals surface area contributed by atoms with E-state index in [0.717, 1.165) is 77.1 Å². The van der Waals surface area contributed by atoms with Gasteiger partial charge in [0, 0.05) is 32.7 Å². The summed E-state index contributed by atoms with van der Waals surface area (Å²) in [6, 6.07) is 61.1. The molecule has 0 unspecified atom stereocenters. The van der Waals surface area contributed by atoms with E-state index in [9.17, 15) is 0 Å². The fourth-order valence-electron chi connectivity index (χ4n) is 8.49. The van der Waals surface area contributed by atoms with Crippen molar-refractivity contribution in [1.29, 1.82) is 0 Å². The van der Waals surface area contributed by atoms with Gasteiger partial charge in [-0.1, -0.05) is 140 Å². The minimum atomic E-state index is 0.549. The van der Waals surface area contributed by atoms with Crippen LogP contribution in [0.2, 0.25) is 0 Å². The fraction of sp³-hybridized carbons (Fsp3) is 0. The van der Waals surface area contributed by atoms with Crippen molar-refractivity contribution in [2.75, 3.05) is 0 Å². The number of benzene rings is 9. The summed E-state index contributed by atoms with van der Waals surface area (Å²) < 4.78 is 12.7. The van der Waals surface area contributed by atoms with Crippen LogP contribution >= 0.6 is 0 Å². The lowest BCUT2D eigenvalue weighted by Crippen LogP contribution is -2.00. The van der Waals surface area contributed by atoms with Crippen LogP contribution in [0.3, 0.4) is 0 Å². The molecule has 12 rings (SSSR count). The molecule has 260 valence electrons. The average Bonchev–Trinajstić information content (AvgIpc) is 3.85. The standard InChI is InChI=1S/C51H29N3O2/c1-2-13-35-30(10-1)22-26-39-36-25-24-34(29-32(36)23-27-38(35)39)50-52-49(53-51(54-50)43-18-8-17-41-40-14-3-5-19-44(40)56-48(41)43)33-12-7-11-31(28-33)37-16-9-21-46-47(37)42-15-4-6-20-45(42)55-46/h1-29H. The summed E-state index contributed by atoms with van der Waals surface area (Å²) in [6.45, 7) is 0. The number of nitrogens with zero attached hydrogens (tertiary/aromatic N) is 3. The maximum atomic E-state index is 6.49. The molecule has 0 aliphatic heterocycles. The number of rotatable bonds is 4. The summed E-state index contributed by atoms with van der Waals surface area (Å²) in [4.78, 5) is 15.6. The number of hydrogen-bond donors (Lipinski definition) is 0. The van der Waals surface area contributed by atoms with E-state index in [4.69, 9.17) is 23.8 Å². The van der Waals surface area contributed by atoms with Gasteiger partial charge in [-0.05, 0) is 79.8 Å². The van der Waals surface area contributed by atoms with Crippen molar-refractivity contribution < 1.29 is 8.83 Å². The molecule has 0 saturated heterocycles. The molecule has 0 spiro atoms. The Labute approximate surface area is 320 Å². The molecule has 5 nitrogen and oxygen atoms in total. The Hall–Kier alpha value is -7.63. The molecule has 0 radical (unpaired) electrons. The van der Waals surface area contributed by atoms with Crippen molar-refractivity contribution in [3.05, 3.63) is 176 Å². The molecule has 3 aromatic heterocycles. The second kappa shape index (κ2) is 11.9. The van der Waals surface area contributed by atoms with Gasteiger partial charge in [-0.25, -0.2) is 15.0 Å². The predicted octanol–water partition coefficient (Wildman–Crippen LogP) is 13.8. The Bertz CT molecular complexity index is 3560. The zero-order valence-corrected chi connectivity index (χ0v) is 29.9. The third-order valence-corrected chi connectivity index (χ3v) is 11.1. The van der Waals surface area contributed by atoms with Crippen LogP contribution in [0.1, 0.15) is 0 Å². The third-order valence-electron chi connectivity index (χ3n) is 11.1. The van der Waals surface area contributed by atoms with Crippen molar-refractivity contribution >= 4 is 76.2 Å². The summed E-state index contributed by atoms with van der Waals surface area (Å²) in [7, 11) is 0. The highest BCUT2D eigenvalue weighted by Crippen LogP contribution is 2.40. The molecule has 0 aliphatic carbocycles. The van der Waals surface area contributed by atoms with Crippen LogP contribution in [-0.2, 0) is 0 Å². The minimum absolute atomic E-state index is 0.549. The van der Waals surface area contributed by atoms with Gasteiger partial charge < -0.3 is 8.83 Å². The lowest BCUT2D eigenvalue weighted by molar-refractivity contribution is 0.669. The molecule has 0 fully saturated rings. The van der Waals surface area contributed by atoms with Crippen molar-refractivity contribution in [2.24, 2.45) is 0 Å². The number of aromatic nitrogens is 3. The lowest BCUT2D eigenvalue weighted by Gasteiger charge is -2.12. The second-order valence-corrected chi connectivity index (χ2v) is 14.3. The first-order valence-electron chi connectivity index (χ1n) is 18.8. The van der Waals surface area contributed by atoms with E-state index in [2.05, 4.69) is 121 Å². The van der Waals surface area contributed by atoms with E-state index in [1.54, 1.807) is 0 Å². The second-order valence-electron chi connectivity index (χ2n) is 14.3. The van der Waals surface area contributed by atoms with Crippen LogP contribution in [0, 0.1) is 0 Å². The topological polar surface area (TPSA) is 65.0 Å². The van der Waals surface area contributed by atoms with Gasteiger partial charge >= 0.3 is 0 Å². The Morgan fingerprint density at radius 1 is 0.304 bits per heavy atom. The van der Waals surface area contributed by atoms with Crippen LogP contribution in [-0.4, -0.2) is 15.0 Å². The zero-order valence-electron chi connectivity index (χ0n) is 29.9. The van der Waals surface area contributed by atoms with Crippen LogP contribution in [0.15, 0.2) is 185 Å². The van der Waals surface area contributed by atoms with Gasteiger partial charge in [-0.15, -0.1) is 0 Å². The molecule has 0 bridgehead atoms. The number of hydrogen-bond acceptors (Lipinski definition) is 5. The molecule has 0 aliphatic rings. The molecule has 0 atom stereocenters. The predicted molar refractivity (Wildman–Crippen MR) is 229 cm³/mol. The summed E-state index contributed by atoms with van der Waals surface area (Å²) in [5.74, 6) is 1.72. The number of furan rings is 2. The highest BCUT2D eigenvalue weighted by Gasteiger charge is 2.19. The maximum Gasteiger partial charge on any atom is 0.167 e. The normalized spacial score (nSPS) is 11.9.